The van der Waals surface area contributed by atoms with Gasteiger partial charge in [-0.25, -0.2) is 4.79 Å². The molecule has 3 heterocycles. The molecule has 20 nitrogen and oxygen atoms in total. The van der Waals surface area contributed by atoms with Crippen LogP contribution < -0.4 is 5.32 Å². The predicted molar refractivity (Wildman–Crippen MR) is 209 cm³/mol. The lowest BCUT2D eigenvalue weighted by Crippen LogP contribution is -2.68. The summed E-state index contributed by atoms with van der Waals surface area (Å²) in [5.74, 6) is -0.535. The molecule has 20 heteroatoms. The number of methoxy groups -OCH3 is 1. The van der Waals surface area contributed by atoms with Gasteiger partial charge in [-0.15, -0.1) is 0 Å². The van der Waals surface area contributed by atoms with Gasteiger partial charge < -0.3 is 89.5 Å². The van der Waals surface area contributed by atoms with E-state index in [1.807, 2.05) is 6.92 Å². The molecule has 4 saturated carbocycles. The third kappa shape index (κ3) is 7.96. The first-order valence-corrected chi connectivity index (χ1v) is 21.9. The van der Waals surface area contributed by atoms with Gasteiger partial charge in [-0.2, -0.15) is 0 Å². The number of amides is 1. The van der Waals surface area contributed by atoms with Gasteiger partial charge in [0.05, 0.1) is 32.5 Å². The molecule has 0 aromatic heterocycles. The van der Waals surface area contributed by atoms with E-state index in [1.165, 1.54) is 7.11 Å². The molecule has 1 spiro atoms. The number of aliphatic hydroxyl groups excluding tert-OH is 10. The number of hydrogen-bond acceptors (Lipinski definition) is 19. The Kier molecular flexibility index (Phi) is 14.0. The van der Waals surface area contributed by atoms with E-state index in [9.17, 15) is 60.7 Å². The van der Waals surface area contributed by atoms with E-state index < -0.39 is 135 Å². The zero-order valence-electron chi connectivity index (χ0n) is 35.7. The smallest absolute Gasteiger partial charge is 0.328 e. The van der Waals surface area contributed by atoms with Crippen molar-refractivity contribution in [1.82, 2.24) is 5.32 Å². The average molecular weight is 890 g/mol. The zero-order valence-corrected chi connectivity index (χ0v) is 35.7. The van der Waals surface area contributed by atoms with Gasteiger partial charge in [-0.05, 0) is 86.5 Å². The summed E-state index contributed by atoms with van der Waals surface area (Å²) < 4.78 is 41.8. The number of ether oxygens (including phenoxy) is 7. The molecule has 0 aromatic rings. The molecule has 354 valence electrons. The molecule has 7 rings (SSSR count). The number of hydrogen-bond donors (Lipinski definition) is 11. The van der Waals surface area contributed by atoms with Crippen LogP contribution in [-0.2, 0) is 42.7 Å². The first kappa shape index (κ1) is 48.0. The van der Waals surface area contributed by atoms with Crippen LogP contribution in [0.4, 0.5) is 0 Å². The molecule has 2 bridgehead atoms. The SMILES string of the molecule is C=C1C[C@@]23CC[C@H]4[C@@](C)(CCC[C@@]4(C)C(=O)NC(C)C(=O)OC)[C@@H]2CC[C@]1(O[C@@H]1O[C@H](CO)[C@@H](O)[C@H](O[C@@H]2O[C@H](CO)[C@@H](O)[C@H](O)[C@H]2O)[C@H]1O[C@@H]1O[C@H](CO)[C@@H](O)[C@H](O)[C@H]1O)C3. The Labute approximate surface area is 360 Å². The topological polar surface area (TPSA) is 313 Å². The summed E-state index contributed by atoms with van der Waals surface area (Å²) in [5, 5.41) is 109. The first-order chi connectivity index (χ1) is 29.2. The Morgan fingerprint density at radius 1 is 0.726 bits per heavy atom. The van der Waals surface area contributed by atoms with Crippen LogP contribution in [0.25, 0.3) is 0 Å². The van der Waals surface area contributed by atoms with Crippen molar-refractivity contribution in [3.8, 4) is 0 Å². The molecule has 62 heavy (non-hydrogen) atoms. The number of nitrogens with one attached hydrogen (secondary N) is 1. The summed E-state index contributed by atoms with van der Waals surface area (Å²) in [6, 6.07) is -0.803. The predicted octanol–water partition coefficient (Wildman–Crippen LogP) is -2.78. The van der Waals surface area contributed by atoms with E-state index in [4.69, 9.17) is 33.2 Å². The number of esters is 1. The lowest BCUT2D eigenvalue weighted by molar-refractivity contribution is -0.400. The van der Waals surface area contributed by atoms with Crippen LogP contribution in [0.5, 0.6) is 0 Å². The second kappa shape index (κ2) is 18.0. The molecule has 11 N–H and O–H groups in total. The van der Waals surface area contributed by atoms with Gasteiger partial charge in [-0.3, -0.25) is 4.79 Å². The van der Waals surface area contributed by atoms with Crippen LogP contribution in [0.15, 0.2) is 12.2 Å². The van der Waals surface area contributed by atoms with Crippen molar-refractivity contribution in [2.24, 2.45) is 28.1 Å². The molecule has 7 fully saturated rings. The van der Waals surface area contributed by atoms with Gasteiger partial charge in [0.15, 0.2) is 18.9 Å². The minimum atomic E-state index is -1.92. The Balaban J connectivity index is 1.19. The van der Waals surface area contributed by atoms with E-state index in [1.54, 1.807) is 6.92 Å². The molecular formula is C42H67NO19. The monoisotopic (exact) mass is 889 g/mol. The normalized spacial score (nSPS) is 50.9. The molecular weight excluding hydrogens is 822 g/mol. The van der Waals surface area contributed by atoms with Crippen LogP contribution in [0.2, 0.25) is 0 Å². The first-order valence-electron chi connectivity index (χ1n) is 21.9. The highest BCUT2D eigenvalue weighted by Gasteiger charge is 2.69. The van der Waals surface area contributed by atoms with E-state index in [0.717, 1.165) is 31.3 Å². The summed E-state index contributed by atoms with van der Waals surface area (Å²) in [7, 11) is 1.28. The van der Waals surface area contributed by atoms with Crippen molar-refractivity contribution < 1.29 is 93.8 Å². The van der Waals surface area contributed by atoms with Gasteiger partial charge in [0, 0.05) is 5.41 Å². The van der Waals surface area contributed by atoms with Gasteiger partial charge >= 0.3 is 5.97 Å². The Morgan fingerprint density at radius 2 is 1.26 bits per heavy atom. The molecule has 3 aliphatic heterocycles. The largest absolute Gasteiger partial charge is 0.467 e. The second-order valence-electron chi connectivity index (χ2n) is 19.4. The van der Waals surface area contributed by atoms with Crippen molar-refractivity contribution in [3.05, 3.63) is 12.2 Å². The number of carbonyl (C=O) groups is 2. The average Bonchev–Trinajstić information content (AvgIpc) is 3.44. The summed E-state index contributed by atoms with van der Waals surface area (Å²) in [6.07, 6.45) is -19.5. The van der Waals surface area contributed by atoms with E-state index in [0.29, 0.717) is 32.1 Å². The lowest BCUT2D eigenvalue weighted by Gasteiger charge is -2.64. The minimum Gasteiger partial charge on any atom is -0.467 e. The molecule has 1 unspecified atom stereocenters. The van der Waals surface area contributed by atoms with Crippen molar-refractivity contribution in [2.75, 3.05) is 26.9 Å². The minimum absolute atomic E-state index is 0.0108. The summed E-state index contributed by atoms with van der Waals surface area (Å²) in [6.45, 7) is 8.06. The molecule has 7 aliphatic rings. The number of fused-ring (bicyclic) bond motifs is 3. The quantitative estimate of drug-likeness (QED) is 0.0537. The van der Waals surface area contributed by atoms with E-state index in [2.05, 4.69) is 18.8 Å². The van der Waals surface area contributed by atoms with Crippen LogP contribution in [0, 0.1) is 28.1 Å². The second-order valence-corrected chi connectivity index (χ2v) is 19.4. The standard InChI is InChI=1S/C42H67NO19/c1-18-13-41-11-7-23-39(3,9-6-10-40(23,4)38(55)43-19(2)34(54)56-5)24(41)8-12-42(18,17-41)62-37-33(61-36-31(53)29(51)26(48)21(15-45)58-36)32(27(49)22(16-46)59-37)60-35-30(52)28(50)25(47)20(14-44)57-35/h19-33,35-37,44-53H,1,6-17H2,2-5H3,(H,43,55)/t19?,20-,21-,22-,23+,24+,25-,26-,27-,28+,29+,30-,31-,32+,33-,35+,36+,37+,39-,40-,41-,42+/m1/s1. The maximum Gasteiger partial charge on any atom is 0.328 e. The van der Waals surface area contributed by atoms with Gasteiger partial charge in [0.1, 0.15) is 79.3 Å². The highest BCUT2D eigenvalue weighted by Crippen LogP contribution is 2.73. The van der Waals surface area contributed by atoms with Crippen LogP contribution in [-0.4, -0.2) is 194 Å². The molecule has 1 amide bonds. The van der Waals surface area contributed by atoms with Crippen molar-refractivity contribution in [1.29, 1.82) is 0 Å². The van der Waals surface area contributed by atoms with Crippen LogP contribution >= 0.6 is 0 Å². The highest BCUT2D eigenvalue weighted by atomic mass is 16.8. The molecule has 4 aliphatic carbocycles. The van der Waals surface area contributed by atoms with Crippen LogP contribution in [0.1, 0.15) is 78.6 Å². The van der Waals surface area contributed by atoms with Gasteiger partial charge in [0.2, 0.25) is 5.91 Å². The maximum atomic E-state index is 14.0. The van der Waals surface area contributed by atoms with Crippen molar-refractivity contribution in [3.63, 3.8) is 0 Å². The molecule has 22 atom stereocenters. The fourth-order valence-corrected chi connectivity index (χ4v) is 12.7. The molecule has 0 radical (unpaired) electrons. The number of carbonyl (C=O) groups excluding carboxylic acids is 2. The van der Waals surface area contributed by atoms with Crippen molar-refractivity contribution in [2.45, 2.75) is 182 Å². The molecule has 0 aromatic carbocycles. The number of aliphatic hydroxyl groups is 10. The third-order valence-corrected chi connectivity index (χ3v) is 16.0. The number of rotatable bonds is 12. The molecule has 3 saturated heterocycles. The van der Waals surface area contributed by atoms with Crippen LogP contribution in [0.3, 0.4) is 0 Å². The lowest BCUT2D eigenvalue weighted by atomic mass is 9.40. The summed E-state index contributed by atoms with van der Waals surface area (Å²) in [4.78, 5) is 26.3. The maximum absolute atomic E-state index is 14.0. The fraction of sp³-hybridized carbons (Fsp3) is 0.905. The van der Waals surface area contributed by atoms with Gasteiger partial charge in [0.25, 0.3) is 0 Å². The Hall–Kier alpha value is -1.96. The summed E-state index contributed by atoms with van der Waals surface area (Å²) in [5.41, 5.74) is -1.61. The van der Waals surface area contributed by atoms with Gasteiger partial charge in [-0.1, -0.05) is 26.8 Å². The zero-order chi connectivity index (χ0) is 45.3. The Morgan fingerprint density at radius 3 is 1.82 bits per heavy atom. The fourth-order valence-electron chi connectivity index (χ4n) is 12.7. The van der Waals surface area contributed by atoms with E-state index >= 15 is 0 Å². The summed E-state index contributed by atoms with van der Waals surface area (Å²) >= 11 is 0. The van der Waals surface area contributed by atoms with Crippen molar-refractivity contribution >= 4 is 11.9 Å². The van der Waals surface area contributed by atoms with E-state index in [-0.39, 0.29) is 28.6 Å². The highest BCUT2D eigenvalue weighted by molar-refractivity contribution is 5.88. The third-order valence-electron chi connectivity index (χ3n) is 16.0. The Bertz CT molecular complexity index is 1640.